The van der Waals surface area contributed by atoms with Gasteiger partial charge in [0.05, 0.1) is 5.56 Å². The first-order chi connectivity index (χ1) is 8.88. The summed E-state index contributed by atoms with van der Waals surface area (Å²) in [5.74, 6) is 0. The quantitative estimate of drug-likeness (QED) is 0.525. The minimum Gasteiger partial charge on any atom is -0.166 e. The zero-order chi connectivity index (χ0) is 14.0. The molecule has 0 amide bonds. The molecule has 1 heterocycles. The largest absolute Gasteiger partial charge is 0.417 e. The van der Waals surface area contributed by atoms with Gasteiger partial charge < -0.3 is 0 Å². The molecule has 2 rings (SSSR count). The van der Waals surface area contributed by atoms with Crippen LogP contribution in [0.1, 0.15) is 20.8 Å². The molecule has 0 N–H and O–H groups in total. The maximum absolute atomic E-state index is 12.8. The Morgan fingerprint density at radius 3 is 2.53 bits per heavy atom. The van der Waals surface area contributed by atoms with Crippen LogP contribution in [0, 0.1) is 0 Å². The maximum atomic E-state index is 12.8. The van der Waals surface area contributed by atoms with Gasteiger partial charge in [-0.1, -0.05) is 44.0 Å². The van der Waals surface area contributed by atoms with E-state index in [-0.39, 0.29) is 9.30 Å². The lowest BCUT2D eigenvalue weighted by atomic mass is 10.1. The van der Waals surface area contributed by atoms with E-state index in [1.807, 2.05) is 17.5 Å². The van der Waals surface area contributed by atoms with Crippen LogP contribution in [0.2, 0.25) is 0 Å². The first-order valence-corrected chi connectivity index (χ1v) is 8.00. The van der Waals surface area contributed by atoms with Crippen molar-refractivity contribution in [2.75, 3.05) is 0 Å². The second-order valence-electron chi connectivity index (χ2n) is 3.99. The molecule has 0 aliphatic carbocycles. The zero-order valence-electron chi connectivity index (χ0n) is 9.55. The van der Waals surface area contributed by atoms with Crippen molar-refractivity contribution in [2.45, 2.75) is 17.4 Å². The normalized spacial score (nSPS) is 13.5. The molecule has 1 unspecified atom stereocenters. The molecule has 0 radical (unpaired) electrons. The van der Waals surface area contributed by atoms with Crippen molar-refractivity contribution in [1.82, 2.24) is 0 Å². The third kappa shape index (κ3) is 3.83. The summed E-state index contributed by atoms with van der Waals surface area (Å²) in [6.07, 6.45) is -3.67. The van der Waals surface area contributed by atoms with Crippen molar-refractivity contribution in [3.8, 4) is 0 Å². The Hall–Kier alpha value is -0.330. The predicted octanol–water partition coefficient (Wildman–Crippen LogP) is 6.21. The lowest BCUT2D eigenvalue weighted by Gasteiger charge is -2.14. The summed E-state index contributed by atoms with van der Waals surface area (Å²) in [7, 11) is 0. The van der Waals surface area contributed by atoms with Crippen molar-refractivity contribution < 1.29 is 13.2 Å². The molecule has 0 nitrogen and oxygen atoms in total. The lowest BCUT2D eigenvalue weighted by Crippen LogP contribution is -2.07. The first kappa shape index (κ1) is 15.1. The van der Waals surface area contributed by atoms with Gasteiger partial charge >= 0.3 is 6.18 Å². The number of hydrogen-bond donors (Lipinski definition) is 0. The summed E-state index contributed by atoms with van der Waals surface area (Å²) >= 11 is 8.00. The third-order valence-corrected chi connectivity index (χ3v) is 5.06. The maximum Gasteiger partial charge on any atom is 0.417 e. The summed E-state index contributed by atoms with van der Waals surface area (Å²) < 4.78 is 38.5. The van der Waals surface area contributed by atoms with Crippen molar-refractivity contribution in [1.29, 1.82) is 0 Å². The molecule has 0 aliphatic heterocycles. The number of hydrogen-bond acceptors (Lipinski definition) is 1. The van der Waals surface area contributed by atoms with Crippen LogP contribution in [0.5, 0.6) is 0 Å². The Kier molecular flexibility index (Phi) is 4.74. The molecule has 0 aliphatic rings. The summed E-state index contributed by atoms with van der Waals surface area (Å²) in [6.45, 7) is 0. The van der Waals surface area contributed by atoms with Gasteiger partial charge in [-0.15, -0.1) is 11.3 Å². The van der Waals surface area contributed by atoms with Gasteiger partial charge in [-0.25, -0.2) is 0 Å². The van der Waals surface area contributed by atoms with Gasteiger partial charge in [0.2, 0.25) is 0 Å². The van der Waals surface area contributed by atoms with E-state index in [0.29, 0.717) is 12.0 Å². The highest BCUT2D eigenvalue weighted by Crippen LogP contribution is 2.38. The summed E-state index contributed by atoms with van der Waals surface area (Å²) in [5.41, 5.74) is -0.00967. The highest BCUT2D eigenvalue weighted by Gasteiger charge is 2.33. The molecule has 0 spiro atoms. The van der Waals surface area contributed by atoms with Crippen molar-refractivity contribution in [2.24, 2.45) is 0 Å². The second kappa shape index (κ2) is 5.97. The van der Waals surface area contributed by atoms with E-state index >= 15 is 0 Å². The molecule has 0 saturated heterocycles. The fourth-order valence-corrected chi connectivity index (χ4v) is 3.75. The average molecular weight is 414 g/mol. The van der Waals surface area contributed by atoms with Gasteiger partial charge in [-0.2, -0.15) is 13.2 Å². The number of rotatable bonds is 3. The highest BCUT2D eigenvalue weighted by atomic mass is 79.9. The zero-order valence-corrected chi connectivity index (χ0v) is 13.5. The van der Waals surface area contributed by atoms with Gasteiger partial charge in [0.1, 0.15) is 0 Å². The predicted molar refractivity (Wildman–Crippen MR) is 78.8 cm³/mol. The summed E-state index contributed by atoms with van der Waals surface area (Å²) in [5, 5.41) is 1.96. The van der Waals surface area contributed by atoms with Crippen LogP contribution in [-0.2, 0) is 12.6 Å². The van der Waals surface area contributed by atoms with Crippen molar-refractivity contribution in [3.63, 3.8) is 0 Å². The summed E-state index contributed by atoms with van der Waals surface area (Å²) in [4.78, 5) is 1.01. The Morgan fingerprint density at radius 2 is 1.95 bits per heavy atom. The Labute approximate surface area is 129 Å². The van der Waals surface area contributed by atoms with Gasteiger partial charge in [0.25, 0.3) is 0 Å². The lowest BCUT2D eigenvalue weighted by molar-refractivity contribution is -0.138. The van der Waals surface area contributed by atoms with Gasteiger partial charge in [-0.05, 0) is 35.6 Å². The molecule has 2 aromatic rings. The van der Waals surface area contributed by atoms with E-state index in [2.05, 4.69) is 31.9 Å². The van der Waals surface area contributed by atoms with E-state index in [0.717, 1.165) is 4.88 Å². The monoisotopic (exact) mass is 412 g/mol. The minimum atomic E-state index is -4.34. The average Bonchev–Trinajstić information content (AvgIpc) is 2.80. The van der Waals surface area contributed by atoms with Crippen molar-refractivity contribution in [3.05, 3.63) is 56.2 Å². The molecular formula is C13H9Br2F3S. The van der Waals surface area contributed by atoms with E-state index in [9.17, 15) is 13.2 Å². The van der Waals surface area contributed by atoms with Crippen LogP contribution in [0.3, 0.4) is 0 Å². The summed E-state index contributed by atoms with van der Waals surface area (Å²) in [6, 6.07) is 8.25. The Morgan fingerprint density at radius 1 is 1.21 bits per heavy atom. The highest BCUT2D eigenvalue weighted by molar-refractivity contribution is 9.10. The molecule has 1 aromatic heterocycles. The van der Waals surface area contributed by atoms with E-state index in [1.165, 1.54) is 12.1 Å². The van der Waals surface area contributed by atoms with Crippen LogP contribution in [0.25, 0.3) is 0 Å². The first-order valence-electron chi connectivity index (χ1n) is 5.41. The topological polar surface area (TPSA) is 0 Å². The van der Waals surface area contributed by atoms with Crippen LogP contribution < -0.4 is 0 Å². The number of alkyl halides is 4. The number of benzene rings is 1. The fourth-order valence-electron chi connectivity index (χ4n) is 1.68. The van der Waals surface area contributed by atoms with Crippen LogP contribution in [0.4, 0.5) is 13.2 Å². The van der Waals surface area contributed by atoms with E-state index in [1.54, 1.807) is 17.4 Å². The van der Waals surface area contributed by atoms with Crippen LogP contribution in [-0.4, -0.2) is 0 Å². The SMILES string of the molecule is FC(F)(F)c1cc(C(Br)Cc2cccs2)ccc1Br. The van der Waals surface area contributed by atoms with E-state index in [4.69, 9.17) is 0 Å². The Bertz CT molecular complexity index is 550. The molecule has 19 heavy (non-hydrogen) atoms. The fraction of sp³-hybridized carbons (Fsp3) is 0.231. The molecule has 0 fully saturated rings. The Balaban J connectivity index is 2.25. The van der Waals surface area contributed by atoms with Crippen molar-refractivity contribution >= 4 is 43.2 Å². The number of thiophene rings is 1. The molecule has 0 saturated carbocycles. The van der Waals surface area contributed by atoms with Crippen LogP contribution in [0.15, 0.2) is 40.2 Å². The molecule has 6 heteroatoms. The molecule has 1 aromatic carbocycles. The van der Waals surface area contributed by atoms with Gasteiger partial charge in [-0.3, -0.25) is 0 Å². The molecule has 1 atom stereocenters. The minimum absolute atomic E-state index is 0.0690. The third-order valence-electron chi connectivity index (χ3n) is 2.62. The second-order valence-corrected chi connectivity index (χ2v) is 6.98. The number of halogens is 5. The molecule has 102 valence electrons. The van der Waals surface area contributed by atoms with E-state index < -0.39 is 11.7 Å². The smallest absolute Gasteiger partial charge is 0.166 e. The standard InChI is InChI=1S/C13H9Br2F3S/c14-11-4-3-8(6-10(11)13(16,17)18)12(15)7-9-2-1-5-19-9/h1-6,12H,7H2. The van der Waals surface area contributed by atoms with Gasteiger partial charge in [0, 0.05) is 14.2 Å². The molecule has 0 bridgehead atoms. The molecular weight excluding hydrogens is 405 g/mol. The van der Waals surface area contributed by atoms with Crippen LogP contribution >= 0.6 is 43.2 Å². The van der Waals surface area contributed by atoms with Gasteiger partial charge in [0.15, 0.2) is 0 Å².